The standard InChI is InChI=1S/C15H24N2O2/c1-4-16-13-7-8-14(12(2)11-13)15(18)17-9-5-6-10-19-3/h7-8,11,16H,4-6,9-10H2,1-3H3,(H,17,18). The second kappa shape index (κ2) is 8.53. The lowest BCUT2D eigenvalue weighted by atomic mass is 10.1. The van der Waals surface area contributed by atoms with Gasteiger partial charge in [0.25, 0.3) is 5.91 Å². The topological polar surface area (TPSA) is 50.4 Å². The molecule has 1 aromatic carbocycles. The molecule has 0 unspecified atom stereocenters. The largest absolute Gasteiger partial charge is 0.385 e. The van der Waals surface area contributed by atoms with Crippen molar-refractivity contribution in [2.75, 3.05) is 32.1 Å². The van der Waals surface area contributed by atoms with Gasteiger partial charge in [-0.1, -0.05) is 0 Å². The normalized spacial score (nSPS) is 10.3. The van der Waals surface area contributed by atoms with Gasteiger partial charge in [-0.25, -0.2) is 0 Å². The smallest absolute Gasteiger partial charge is 0.251 e. The lowest BCUT2D eigenvalue weighted by molar-refractivity contribution is 0.0951. The second-order valence-corrected chi connectivity index (χ2v) is 4.52. The molecule has 0 saturated carbocycles. The third kappa shape index (κ3) is 5.30. The zero-order chi connectivity index (χ0) is 14.1. The van der Waals surface area contributed by atoms with Crippen molar-refractivity contribution in [3.8, 4) is 0 Å². The Morgan fingerprint density at radius 3 is 2.74 bits per heavy atom. The first-order chi connectivity index (χ1) is 9.19. The molecule has 0 aliphatic heterocycles. The van der Waals surface area contributed by atoms with Crippen LogP contribution >= 0.6 is 0 Å². The molecule has 0 spiro atoms. The molecule has 0 aliphatic rings. The molecule has 1 rings (SSSR count). The summed E-state index contributed by atoms with van der Waals surface area (Å²) < 4.78 is 4.97. The fourth-order valence-corrected chi connectivity index (χ4v) is 1.90. The number of amides is 1. The fraction of sp³-hybridized carbons (Fsp3) is 0.533. The summed E-state index contributed by atoms with van der Waals surface area (Å²) in [7, 11) is 1.69. The van der Waals surface area contributed by atoms with E-state index in [1.54, 1.807) is 7.11 Å². The van der Waals surface area contributed by atoms with Gasteiger partial charge in [-0.2, -0.15) is 0 Å². The summed E-state index contributed by atoms with van der Waals surface area (Å²) in [4.78, 5) is 12.0. The molecule has 0 bridgehead atoms. The van der Waals surface area contributed by atoms with Crippen LogP contribution in [0.2, 0.25) is 0 Å². The van der Waals surface area contributed by atoms with Crippen LogP contribution in [0.4, 0.5) is 5.69 Å². The number of ether oxygens (including phenoxy) is 1. The molecule has 0 aromatic heterocycles. The summed E-state index contributed by atoms with van der Waals surface area (Å²) >= 11 is 0. The Balaban J connectivity index is 2.48. The quantitative estimate of drug-likeness (QED) is 0.710. The average Bonchev–Trinajstić information content (AvgIpc) is 2.39. The maximum absolute atomic E-state index is 12.0. The highest BCUT2D eigenvalue weighted by atomic mass is 16.5. The van der Waals surface area contributed by atoms with Crippen molar-refractivity contribution in [3.05, 3.63) is 29.3 Å². The predicted molar refractivity (Wildman–Crippen MR) is 78.8 cm³/mol. The van der Waals surface area contributed by atoms with Gasteiger partial charge in [-0.05, 0) is 50.5 Å². The van der Waals surface area contributed by atoms with Crippen LogP contribution < -0.4 is 10.6 Å². The van der Waals surface area contributed by atoms with Crippen molar-refractivity contribution < 1.29 is 9.53 Å². The zero-order valence-electron chi connectivity index (χ0n) is 12.1. The zero-order valence-corrected chi connectivity index (χ0v) is 12.1. The summed E-state index contributed by atoms with van der Waals surface area (Å²) in [6.07, 6.45) is 1.91. The van der Waals surface area contributed by atoms with Gasteiger partial charge in [-0.3, -0.25) is 4.79 Å². The van der Waals surface area contributed by atoms with E-state index in [9.17, 15) is 4.79 Å². The number of nitrogens with one attached hydrogen (secondary N) is 2. The highest BCUT2D eigenvalue weighted by Crippen LogP contribution is 2.15. The van der Waals surface area contributed by atoms with E-state index < -0.39 is 0 Å². The molecule has 0 heterocycles. The number of anilines is 1. The summed E-state index contributed by atoms with van der Waals surface area (Å²) in [6.45, 7) is 6.32. The van der Waals surface area contributed by atoms with Crippen LogP contribution in [0.3, 0.4) is 0 Å². The van der Waals surface area contributed by atoms with E-state index in [1.165, 1.54) is 0 Å². The van der Waals surface area contributed by atoms with E-state index in [-0.39, 0.29) is 5.91 Å². The number of benzene rings is 1. The van der Waals surface area contributed by atoms with E-state index in [0.29, 0.717) is 6.54 Å². The van der Waals surface area contributed by atoms with Crippen molar-refractivity contribution >= 4 is 11.6 Å². The number of hydrogen-bond donors (Lipinski definition) is 2. The maximum Gasteiger partial charge on any atom is 0.251 e. The summed E-state index contributed by atoms with van der Waals surface area (Å²) in [5.41, 5.74) is 2.79. The van der Waals surface area contributed by atoms with Crippen molar-refractivity contribution in [2.24, 2.45) is 0 Å². The summed E-state index contributed by atoms with van der Waals surface area (Å²) in [5.74, 6) is -0.00188. The molecule has 0 aliphatic carbocycles. The van der Waals surface area contributed by atoms with E-state index in [2.05, 4.69) is 17.6 Å². The van der Waals surface area contributed by atoms with E-state index in [1.807, 2.05) is 25.1 Å². The molecule has 4 nitrogen and oxygen atoms in total. The number of carbonyl (C=O) groups is 1. The Bertz CT molecular complexity index is 405. The first-order valence-corrected chi connectivity index (χ1v) is 6.80. The van der Waals surface area contributed by atoms with Crippen molar-refractivity contribution in [2.45, 2.75) is 26.7 Å². The SMILES string of the molecule is CCNc1ccc(C(=O)NCCCCOC)c(C)c1. The molecular weight excluding hydrogens is 240 g/mol. The summed E-state index contributed by atoms with van der Waals surface area (Å²) in [6, 6.07) is 5.82. The van der Waals surface area contributed by atoms with Gasteiger partial charge in [0, 0.05) is 38.1 Å². The first-order valence-electron chi connectivity index (χ1n) is 6.80. The third-order valence-corrected chi connectivity index (χ3v) is 2.91. The van der Waals surface area contributed by atoms with Crippen LogP contribution in [0.15, 0.2) is 18.2 Å². The Kier molecular flexibility index (Phi) is 6.97. The van der Waals surface area contributed by atoms with Crippen LogP contribution in [-0.4, -0.2) is 32.7 Å². The second-order valence-electron chi connectivity index (χ2n) is 4.52. The predicted octanol–water partition coefficient (Wildman–Crippen LogP) is 2.58. The van der Waals surface area contributed by atoms with E-state index in [4.69, 9.17) is 4.74 Å². The number of rotatable bonds is 8. The Hall–Kier alpha value is -1.55. The summed E-state index contributed by atoms with van der Waals surface area (Å²) in [5, 5.41) is 6.17. The molecule has 0 fully saturated rings. The molecule has 2 N–H and O–H groups in total. The number of methoxy groups -OCH3 is 1. The van der Waals surface area contributed by atoms with Gasteiger partial charge in [0.1, 0.15) is 0 Å². The van der Waals surface area contributed by atoms with E-state index >= 15 is 0 Å². The van der Waals surface area contributed by atoms with Gasteiger partial charge >= 0.3 is 0 Å². The molecule has 0 saturated heterocycles. The van der Waals surface area contributed by atoms with Gasteiger partial charge in [0.15, 0.2) is 0 Å². The number of hydrogen-bond acceptors (Lipinski definition) is 3. The highest BCUT2D eigenvalue weighted by molar-refractivity contribution is 5.96. The molecule has 4 heteroatoms. The van der Waals surface area contributed by atoms with Crippen molar-refractivity contribution in [3.63, 3.8) is 0 Å². The Labute approximate surface area is 115 Å². The molecule has 1 amide bonds. The van der Waals surface area contributed by atoms with Crippen LogP contribution in [0, 0.1) is 6.92 Å². The van der Waals surface area contributed by atoms with Gasteiger partial charge in [-0.15, -0.1) is 0 Å². The van der Waals surface area contributed by atoms with Crippen LogP contribution in [0.25, 0.3) is 0 Å². The first kappa shape index (κ1) is 15.5. The van der Waals surface area contributed by atoms with Gasteiger partial charge in [0.05, 0.1) is 0 Å². The Morgan fingerprint density at radius 2 is 2.11 bits per heavy atom. The third-order valence-electron chi connectivity index (χ3n) is 2.91. The molecule has 0 atom stereocenters. The Morgan fingerprint density at radius 1 is 1.32 bits per heavy atom. The van der Waals surface area contributed by atoms with Gasteiger partial charge in [0.2, 0.25) is 0 Å². The molecule has 106 valence electrons. The van der Waals surface area contributed by atoms with E-state index in [0.717, 1.165) is 42.8 Å². The maximum atomic E-state index is 12.0. The number of unbranched alkanes of at least 4 members (excludes halogenated alkanes) is 1. The minimum atomic E-state index is -0.00188. The number of carbonyl (C=O) groups excluding carboxylic acids is 1. The number of aryl methyl sites for hydroxylation is 1. The average molecular weight is 264 g/mol. The molecule has 1 aromatic rings. The lowest BCUT2D eigenvalue weighted by Crippen LogP contribution is -2.25. The molecular formula is C15H24N2O2. The molecule has 0 radical (unpaired) electrons. The molecule has 19 heavy (non-hydrogen) atoms. The van der Waals surface area contributed by atoms with Gasteiger partial charge < -0.3 is 15.4 Å². The minimum Gasteiger partial charge on any atom is -0.385 e. The minimum absolute atomic E-state index is 0.00188. The highest BCUT2D eigenvalue weighted by Gasteiger charge is 2.08. The fourth-order valence-electron chi connectivity index (χ4n) is 1.90. The van der Waals surface area contributed by atoms with Crippen molar-refractivity contribution in [1.29, 1.82) is 0 Å². The monoisotopic (exact) mass is 264 g/mol. The lowest BCUT2D eigenvalue weighted by Gasteiger charge is -2.10. The van der Waals surface area contributed by atoms with Crippen LogP contribution in [0.1, 0.15) is 35.7 Å². The van der Waals surface area contributed by atoms with Crippen molar-refractivity contribution in [1.82, 2.24) is 5.32 Å². The van der Waals surface area contributed by atoms with Crippen LogP contribution in [-0.2, 0) is 4.74 Å². The van der Waals surface area contributed by atoms with Crippen LogP contribution in [0.5, 0.6) is 0 Å².